The molecule has 0 N–H and O–H groups in total. The van der Waals surface area contributed by atoms with Crippen LogP contribution in [0, 0.1) is 5.92 Å². The zero-order chi connectivity index (χ0) is 10.1. The molecule has 14 heavy (non-hydrogen) atoms. The Balaban J connectivity index is 2.08. The molecule has 0 spiro atoms. The van der Waals surface area contributed by atoms with Crippen molar-refractivity contribution in [2.75, 3.05) is 18.0 Å². The number of aromatic nitrogens is 1. The minimum absolute atomic E-state index is 0.873. The standard InChI is InChI=1S/C9H12Br2N2S/c1-6-2-4-13(5-3-6)9-12-7(10)8(11)14-9/h6H,2-5H2,1H3. The first-order valence-electron chi connectivity index (χ1n) is 4.73. The lowest BCUT2D eigenvalue weighted by Gasteiger charge is -2.29. The molecule has 1 saturated heterocycles. The number of thiazole rings is 1. The average Bonchev–Trinajstić information content (AvgIpc) is 2.48. The van der Waals surface area contributed by atoms with E-state index in [1.54, 1.807) is 11.3 Å². The number of anilines is 1. The lowest BCUT2D eigenvalue weighted by atomic mass is 10.00. The number of hydrogen-bond donors (Lipinski definition) is 0. The fourth-order valence-electron chi connectivity index (χ4n) is 1.61. The first-order valence-corrected chi connectivity index (χ1v) is 7.14. The topological polar surface area (TPSA) is 16.1 Å². The minimum atomic E-state index is 0.873. The summed E-state index contributed by atoms with van der Waals surface area (Å²) < 4.78 is 2.02. The van der Waals surface area contributed by atoms with Gasteiger partial charge in [-0.25, -0.2) is 4.98 Å². The summed E-state index contributed by atoms with van der Waals surface area (Å²) in [4.78, 5) is 6.85. The van der Waals surface area contributed by atoms with Crippen LogP contribution in [0.15, 0.2) is 8.39 Å². The van der Waals surface area contributed by atoms with Gasteiger partial charge in [0.2, 0.25) is 0 Å². The van der Waals surface area contributed by atoms with E-state index in [0.29, 0.717) is 0 Å². The number of piperidine rings is 1. The van der Waals surface area contributed by atoms with E-state index in [0.717, 1.165) is 32.5 Å². The second-order valence-electron chi connectivity index (χ2n) is 3.73. The Bertz CT molecular complexity index is 299. The number of nitrogens with zero attached hydrogens (tertiary/aromatic N) is 2. The minimum Gasteiger partial charge on any atom is -0.348 e. The van der Waals surface area contributed by atoms with Crippen LogP contribution in [0.1, 0.15) is 19.8 Å². The SMILES string of the molecule is CC1CCN(c2nc(Br)c(Br)s2)CC1. The van der Waals surface area contributed by atoms with Gasteiger partial charge in [0.15, 0.2) is 5.13 Å². The average molecular weight is 340 g/mol. The fourth-order valence-corrected chi connectivity index (χ4v) is 3.40. The van der Waals surface area contributed by atoms with E-state index in [9.17, 15) is 0 Å². The molecule has 1 aliphatic heterocycles. The molecule has 2 nitrogen and oxygen atoms in total. The summed E-state index contributed by atoms with van der Waals surface area (Å²) in [6.07, 6.45) is 2.57. The monoisotopic (exact) mass is 338 g/mol. The highest BCUT2D eigenvalue weighted by atomic mass is 79.9. The molecule has 5 heteroatoms. The molecule has 0 amide bonds. The van der Waals surface area contributed by atoms with Crippen LogP contribution in [0.5, 0.6) is 0 Å². The van der Waals surface area contributed by atoms with Crippen molar-refractivity contribution in [3.8, 4) is 0 Å². The molecule has 0 unspecified atom stereocenters. The van der Waals surface area contributed by atoms with Gasteiger partial charge in [-0.1, -0.05) is 18.3 Å². The summed E-state index contributed by atoms with van der Waals surface area (Å²) in [5.41, 5.74) is 0. The van der Waals surface area contributed by atoms with Crippen LogP contribution in [0.25, 0.3) is 0 Å². The van der Waals surface area contributed by atoms with Gasteiger partial charge in [-0.2, -0.15) is 0 Å². The van der Waals surface area contributed by atoms with E-state index < -0.39 is 0 Å². The van der Waals surface area contributed by atoms with E-state index >= 15 is 0 Å². The normalized spacial score (nSPS) is 18.9. The molecule has 0 saturated carbocycles. The van der Waals surface area contributed by atoms with Gasteiger partial charge in [0.25, 0.3) is 0 Å². The van der Waals surface area contributed by atoms with Crippen molar-refractivity contribution in [3.05, 3.63) is 8.39 Å². The van der Waals surface area contributed by atoms with E-state index in [4.69, 9.17) is 0 Å². The molecule has 1 aromatic heterocycles. The molecule has 2 heterocycles. The van der Waals surface area contributed by atoms with Crippen molar-refractivity contribution in [2.24, 2.45) is 5.92 Å². The zero-order valence-corrected chi connectivity index (χ0v) is 12.0. The Morgan fingerprint density at radius 3 is 2.50 bits per heavy atom. The maximum Gasteiger partial charge on any atom is 0.187 e. The molecule has 2 rings (SSSR count). The third-order valence-electron chi connectivity index (χ3n) is 2.59. The molecular weight excluding hydrogens is 328 g/mol. The maximum absolute atomic E-state index is 4.47. The van der Waals surface area contributed by atoms with Crippen LogP contribution >= 0.6 is 43.2 Å². The van der Waals surface area contributed by atoms with Crippen LogP contribution in [0.3, 0.4) is 0 Å². The summed E-state index contributed by atoms with van der Waals surface area (Å²) in [7, 11) is 0. The summed E-state index contributed by atoms with van der Waals surface area (Å²) >= 11 is 8.60. The Morgan fingerprint density at radius 1 is 1.36 bits per heavy atom. The van der Waals surface area contributed by atoms with Gasteiger partial charge >= 0.3 is 0 Å². The molecule has 1 aromatic rings. The maximum atomic E-state index is 4.47. The zero-order valence-electron chi connectivity index (χ0n) is 7.96. The summed E-state index contributed by atoms with van der Waals surface area (Å²) in [5, 5.41) is 1.13. The Morgan fingerprint density at radius 2 is 2.00 bits per heavy atom. The molecule has 0 aliphatic carbocycles. The third kappa shape index (κ3) is 2.31. The van der Waals surface area contributed by atoms with Crippen molar-refractivity contribution in [1.82, 2.24) is 4.98 Å². The second-order valence-corrected chi connectivity index (χ2v) is 6.78. The first kappa shape index (κ1) is 10.9. The number of halogens is 2. The number of rotatable bonds is 1. The van der Waals surface area contributed by atoms with E-state index in [-0.39, 0.29) is 0 Å². The van der Waals surface area contributed by atoms with E-state index in [2.05, 4.69) is 48.7 Å². The highest BCUT2D eigenvalue weighted by Crippen LogP contribution is 2.35. The molecular formula is C9H12Br2N2S. The van der Waals surface area contributed by atoms with E-state index in [1.165, 1.54) is 12.8 Å². The molecule has 0 aromatic carbocycles. The predicted octanol–water partition coefficient (Wildman–Crippen LogP) is 3.90. The lowest BCUT2D eigenvalue weighted by molar-refractivity contribution is 0.438. The van der Waals surface area contributed by atoms with Gasteiger partial charge in [-0.15, -0.1) is 0 Å². The van der Waals surface area contributed by atoms with Crippen LogP contribution in [0.4, 0.5) is 5.13 Å². The summed E-state index contributed by atoms with van der Waals surface area (Å²) in [5.74, 6) is 0.873. The largest absolute Gasteiger partial charge is 0.348 e. The van der Waals surface area contributed by atoms with E-state index in [1.807, 2.05) is 0 Å². The molecule has 1 aliphatic rings. The van der Waals surface area contributed by atoms with Gasteiger partial charge < -0.3 is 4.90 Å². The Kier molecular flexibility index (Phi) is 3.50. The van der Waals surface area contributed by atoms with Gasteiger partial charge in [0, 0.05) is 13.1 Å². The Labute approximate surface area is 105 Å². The summed E-state index contributed by atoms with van der Waals surface area (Å²) in [6, 6.07) is 0. The van der Waals surface area contributed by atoms with Crippen molar-refractivity contribution >= 4 is 48.3 Å². The van der Waals surface area contributed by atoms with Crippen molar-refractivity contribution < 1.29 is 0 Å². The molecule has 0 radical (unpaired) electrons. The highest BCUT2D eigenvalue weighted by Gasteiger charge is 2.19. The van der Waals surface area contributed by atoms with Crippen molar-refractivity contribution in [3.63, 3.8) is 0 Å². The predicted molar refractivity (Wildman–Crippen MR) is 68.1 cm³/mol. The first-order chi connectivity index (χ1) is 6.66. The van der Waals surface area contributed by atoms with Crippen molar-refractivity contribution in [1.29, 1.82) is 0 Å². The molecule has 0 bridgehead atoms. The Hall–Kier alpha value is 0.390. The summed E-state index contributed by atoms with van der Waals surface area (Å²) in [6.45, 7) is 4.62. The van der Waals surface area contributed by atoms with Gasteiger partial charge in [-0.05, 0) is 50.6 Å². The second kappa shape index (κ2) is 4.49. The van der Waals surface area contributed by atoms with Crippen LogP contribution in [0.2, 0.25) is 0 Å². The third-order valence-corrected chi connectivity index (χ3v) is 5.73. The van der Waals surface area contributed by atoms with Crippen LogP contribution < -0.4 is 4.90 Å². The molecule has 78 valence electrons. The van der Waals surface area contributed by atoms with Crippen LogP contribution in [-0.2, 0) is 0 Å². The van der Waals surface area contributed by atoms with Gasteiger partial charge in [0.1, 0.15) is 8.39 Å². The van der Waals surface area contributed by atoms with Crippen molar-refractivity contribution in [2.45, 2.75) is 19.8 Å². The molecule has 1 fully saturated rings. The quantitative estimate of drug-likeness (QED) is 0.771. The fraction of sp³-hybridized carbons (Fsp3) is 0.667. The lowest BCUT2D eigenvalue weighted by Crippen LogP contribution is -2.32. The smallest absolute Gasteiger partial charge is 0.187 e. The highest BCUT2D eigenvalue weighted by molar-refractivity contribution is 9.13. The van der Waals surface area contributed by atoms with Gasteiger partial charge in [-0.3, -0.25) is 0 Å². The van der Waals surface area contributed by atoms with Gasteiger partial charge in [0.05, 0.1) is 0 Å². The molecule has 0 atom stereocenters. The number of hydrogen-bond acceptors (Lipinski definition) is 3. The van der Waals surface area contributed by atoms with Crippen LogP contribution in [-0.4, -0.2) is 18.1 Å².